The summed E-state index contributed by atoms with van der Waals surface area (Å²) in [5.74, 6) is 1.57. The fraction of sp³-hybridized carbons (Fsp3) is 0.321. The van der Waals surface area contributed by atoms with Gasteiger partial charge in [0.05, 0.1) is 12.7 Å². The fourth-order valence-electron chi connectivity index (χ4n) is 5.01. The Morgan fingerprint density at radius 2 is 1.83 bits per heavy atom. The highest BCUT2D eigenvalue weighted by Gasteiger charge is 2.42. The number of benzene rings is 2. The number of rotatable bonds is 5. The van der Waals surface area contributed by atoms with Gasteiger partial charge in [0.15, 0.2) is 10.9 Å². The number of hydrogen-bond acceptors (Lipinski definition) is 6. The van der Waals surface area contributed by atoms with Crippen molar-refractivity contribution in [3.05, 3.63) is 92.4 Å². The third kappa shape index (κ3) is 4.52. The second-order valence-corrected chi connectivity index (χ2v) is 11.0. The van der Waals surface area contributed by atoms with Gasteiger partial charge in [0.2, 0.25) is 0 Å². The summed E-state index contributed by atoms with van der Waals surface area (Å²) in [6.45, 7) is 6.28. The SMILES string of the molecule is COc1ccc([C@@H]2C3=C(CC(C)(C)CC3=O)Nc3nc(SCc4ccccc4C)[nH]c(=O)c32)cc1. The van der Waals surface area contributed by atoms with Crippen LogP contribution in [-0.2, 0) is 10.5 Å². The average Bonchev–Trinajstić information content (AvgIpc) is 2.81. The molecule has 3 aromatic rings. The van der Waals surface area contributed by atoms with Crippen molar-refractivity contribution in [3.8, 4) is 5.75 Å². The molecular formula is C28H29N3O3S. The molecule has 0 saturated heterocycles. The Labute approximate surface area is 209 Å². The van der Waals surface area contributed by atoms with E-state index >= 15 is 0 Å². The van der Waals surface area contributed by atoms with E-state index in [0.717, 1.165) is 23.4 Å². The highest BCUT2D eigenvalue weighted by molar-refractivity contribution is 7.98. The minimum absolute atomic E-state index is 0.0765. The van der Waals surface area contributed by atoms with E-state index in [-0.39, 0.29) is 16.8 Å². The van der Waals surface area contributed by atoms with Crippen molar-refractivity contribution in [1.82, 2.24) is 9.97 Å². The quantitative estimate of drug-likeness (QED) is 0.361. The average molecular weight is 488 g/mol. The van der Waals surface area contributed by atoms with Gasteiger partial charge >= 0.3 is 0 Å². The molecule has 0 radical (unpaired) electrons. The predicted octanol–water partition coefficient (Wildman–Crippen LogP) is 5.58. The summed E-state index contributed by atoms with van der Waals surface area (Å²) < 4.78 is 5.32. The van der Waals surface area contributed by atoms with Crippen molar-refractivity contribution >= 4 is 23.4 Å². The zero-order chi connectivity index (χ0) is 24.7. The summed E-state index contributed by atoms with van der Waals surface area (Å²) in [5.41, 5.74) is 4.93. The predicted molar refractivity (Wildman–Crippen MR) is 139 cm³/mol. The molecule has 0 spiro atoms. The summed E-state index contributed by atoms with van der Waals surface area (Å²) in [6, 6.07) is 15.8. The lowest BCUT2D eigenvalue weighted by Gasteiger charge is -2.38. The first-order chi connectivity index (χ1) is 16.8. The number of aryl methyl sites for hydroxylation is 1. The monoisotopic (exact) mass is 487 g/mol. The molecule has 2 N–H and O–H groups in total. The van der Waals surface area contributed by atoms with Crippen LogP contribution in [0.3, 0.4) is 0 Å². The second kappa shape index (κ2) is 9.04. The second-order valence-electron chi connectivity index (χ2n) is 10.0. The smallest absolute Gasteiger partial charge is 0.257 e. The Balaban J connectivity index is 1.58. The van der Waals surface area contributed by atoms with Gasteiger partial charge < -0.3 is 15.0 Å². The van der Waals surface area contributed by atoms with E-state index in [1.165, 1.54) is 22.9 Å². The number of thioether (sulfide) groups is 1. The first-order valence-corrected chi connectivity index (χ1v) is 12.7. The molecule has 0 bridgehead atoms. The van der Waals surface area contributed by atoms with Gasteiger partial charge in [-0.2, -0.15) is 0 Å². The van der Waals surface area contributed by atoms with Crippen molar-refractivity contribution in [2.75, 3.05) is 12.4 Å². The van der Waals surface area contributed by atoms with Gasteiger partial charge in [-0.1, -0.05) is 62.0 Å². The van der Waals surface area contributed by atoms with Crippen LogP contribution in [-0.4, -0.2) is 22.9 Å². The number of ketones is 1. The lowest BCUT2D eigenvalue weighted by Crippen LogP contribution is -2.37. The van der Waals surface area contributed by atoms with E-state index in [1.807, 2.05) is 36.4 Å². The van der Waals surface area contributed by atoms with Gasteiger partial charge in [-0.25, -0.2) is 4.98 Å². The standard InChI is InChI=1S/C28H29N3O3S/c1-16-7-5-6-8-18(16)15-35-27-30-25-24(26(33)31-27)22(17-9-11-19(34-4)12-10-17)23-20(29-25)13-28(2,3)14-21(23)32/h5-12,22H,13-15H2,1-4H3,(H2,29,30,31,33)/t22-/m1/s1. The van der Waals surface area contributed by atoms with Crippen LogP contribution >= 0.6 is 11.8 Å². The van der Waals surface area contributed by atoms with Crippen LogP contribution in [0.25, 0.3) is 0 Å². The zero-order valence-electron chi connectivity index (χ0n) is 20.4. The number of aromatic nitrogens is 2. The molecule has 1 atom stereocenters. The minimum atomic E-state index is -0.470. The number of fused-ring (bicyclic) bond motifs is 1. The van der Waals surface area contributed by atoms with Crippen molar-refractivity contribution < 1.29 is 9.53 Å². The van der Waals surface area contributed by atoms with Crippen LogP contribution in [0.5, 0.6) is 5.75 Å². The maximum atomic E-state index is 13.5. The summed E-state index contributed by atoms with van der Waals surface area (Å²) in [7, 11) is 1.62. The number of allylic oxidation sites excluding steroid dienone is 2. The molecule has 2 aliphatic rings. The third-order valence-corrected chi connectivity index (χ3v) is 7.70. The molecule has 0 saturated carbocycles. The maximum Gasteiger partial charge on any atom is 0.257 e. The normalized spacial score (nSPS) is 18.5. The van der Waals surface area contributed by atoms with E-state index in [4.69, 9.17) is 9.72 Å². The fourth-order valence-corrected chi connectivity index (χ4v) is 5.95. The lowest BCUT2D eigenvalue weighted by molar-refractivity contribution is -0.118. The highest BCUT2D eigenvalue weighted by atomic mass is 32.2. The number of ether oxygens (including phenoxy) is 1. The lowest BCUT2D eigenvalue weighted by atomic mass is 9.69. The van der Waals surface area contributed by atoms with E-state index in [2.05, 4.69) is 43.2 Å². The summed E-state index contributed by atoms with van der Waals surface area (Å²) in [6.07, 6.45) is 1.17. The number of nitrogens with zero attached hydrogens (tertiary/aromatic N) is 1. The Morgan fingerprint density at radius 3 is 2.54 bits per heavy atom. The van der Waals surface area contributed by atoms with Gasteiger partial charge in [-0.3, -0.25) is 9.59 Å². The number of Topliss-reactive ketones (excluding diaryl/α,β-unsaturated/α-hetero) is 1. The Bertz CT molecular complexity index is 1390. The number of aromatic amines is 1. The maximum absolute atomic E-state index is 13.5. The molecule has 0 fully saturated rings. The van der Waals surface area contributed by atoms with E-state index < -0.39 is 5.92 Å². The third-order valence-electron chi connectivity index (χ3n) is 6.77. The Morgan fingerprint density at radius 1 is 1.09 bits per heavy atom. The largest absolute Gasteiger partial charge is 0.497 e. The molecule has 1 aromatic heterocycles. The molecule has 35 heavy (non-hydrogen) atoms. The first-order valence-electron chi connectivity index (χ1n) is 11.7. The molecule has 0 amide bonds. The van der Waals surface area contributed by atoms with Crippen LogP contribution in [0.2, 0.25) is 0 Å². The molecule has 0 unspecified atom stereocenters. The van der Waals surface area contributed by atoms with Gasteiger partial charge in [0.25, 0.3) is 5.56 Å². The van der Waals surface area contributed by atoms with Gasteiger partial charge in [-0.15, -0.1) is 0 Å². The van der Waals surface area contributed by atoms with Crippen LogP contribution < -0.4 is 15.6 Å². The molecule has 6 nitrogen and oxygen atoms in total. The highest BCUT2D eigenvalue weighted by Crippen LogP contribution is 2.47. The van der Waals surface area contributed by atoms with E-state index in [9.17, 15) is 9.59 Å². The molecule has 7 heteroatoms. The summed E-state index contributed by atoms with van der Waals surface area (Å²) in [5, 5.41) is 3.95. The van der Waals surface area contributed by atoms with Gasteiger partial charge in [0.1, 0.15) is 11.6 Å². The van der Waals surface area contributed by atoms with Crippen molar-refractivity contribution in [1.29, 1.82) is 0 Å². The van der Waals surface area contributed by atoms with E-state index in [0.29, 0.717) is 34.3 Å². The Hall–Kier alpha value is -3.32. The van der Waals surface area contributed by atoms with Gasteiger partial charge in [-0.05, 0) is 47.6 Å². The number of hydrogen-bond donors (Lipinski definition) is 2. The van der Waals surface area contributed by atoms with Crippen molar-refractivity contribution in [2.24, 2.45) is 5.41 Å². The van der Waals surface area contributed by atoms with Gasteiger partial charge in [0, 0.05) is 29.4 Å². The molecule has 2 aromatic carbocycles. The molecule has 5 rings (SSSR count). The number of carbonyl (C=O) groups is 1. The number of nitrogens with one attached hydrogen (secondary N) is 2. The number of carbonyl (C=O) groups excluding carboxylic acids is 1. The minimum Gasteiger partial charge on any atom is -0.497 e. The van der Waals surface area contributed by atoms with Crippen molar-refractivity contribution in [2.45, 2.75) is 50.4 Å². The molecule has 1 aliphatic heterocycles. The van der Waals surface area contributed by atoms with Crippen LogP contribution in [0.4, 0.5) is 5.82 Å². The summed E-state index contributed by atoms with van der Waals surface area (Å²) >= 11 is 1.50. The number of methoxy groups -OCH3 is 1. The first kappa shape index (κ1) is 23.4. The Kier molecular flexibility index (Phi) is 6.05. The molecular weight excluding hydrogens is 458 g/mol. The molecule has 1 aliphatic carbocycles. The zero-order valence-corrected chi connectivity index (χ0v) is 21.2. The molecule has 2 heterocycles. The topological polar surface area (TPSA) is 84.1 Å². The van der Waals surface area contributed by atoms with Crippen LogP contribution in [0.1, 0.15) is 54.9 Å². The van der Waals surface area contributed by atoms with E-state index in [1.54, 1.807) is 7.11 Å². The van der Waals surface area contributed by atoms with Crippen molar-refractivity contribution in [3.63, 3.8) is 0 Å². The summed E-state index contributed by atoms with van der Waals surface area (Å²) in [4.78, 5) is 34.6. The van der Waals surface area contributed by atoms with Crippen LogP contribution in [0.15, 0.2) is 69.8 Å². The number of H-pyrrole nitrogens is 1. The van der Waals surface area contributed by atoms with Crippen LogP contribution in [0, 0.1) is 12.3 Å². The number of anilines is 1. The molecule has 180 valence electrons.